The molecule has 1 aromatic rings. The Balaban J connectivity index is 1.72. The Morgan fingerprint density at radius 2 is 2.18 bits per heavy atom. The standard InChI is InChI=1S/C14H20BrNS/c1-11(16-10-14-3-2-8-17-14)9-12-4-6-13(15)7-5-12/h4-7,11,14,16H,2-3,8-10H2,1H3. The second-order valence-corrected chi connectivity index (χ2v) is 7.10. The van der Waals surface area contributed by atoms with Crippen LogP contribution in [0.15, 0.2) is 28.7 Å². The molecule has 1 N–H and O–H groups in total. The van der Waals surface area contributed by atoms with Gasteiger partial charge < -0.3 is 5.32 Å². The second kappa shape index (κ2) is 6.81. The molecular formula is C14H20BrNS. The smallest absolute Gasteiger partial charge is 0.0175 e. The van der Waals surface area contributed by atoms with Gasteiger partial charge in [-0.3, -0.25) is 0 Å². The normalized spacial score (nSPS) is 21.6. The third kappa shape index (κ3) is 4.65. The van der Waals surface area contributed by atoms with Crippen molar-refractivity contribution in [3.63, 3.8) is 0 Å². The summed E-state index contributed by atoms with van der Waals surface area (Å²) in [6, 6.07) is 9.21. The van der Waals surface area contributed by atoms with E-state index in [1.165, 1.54) is 30.7 Å². The summed E-state index contributed by atoms with van der Waals surface area (Å²) in [5.41, 5.74) is 1.41. The molecule has 0 aliphatic carbocycles. The molecule has 1 heterocycles. The largest absolute Gasteiger partial charge is 0.313 e. The Bertz CT molecular complexity index is 333. The first-order valence-electron chi connectivity index (χ1n) is 6.33. The van der Waals surface area contributed by atoms with Gasteiger partial charge in [0.05, 0.1) is 0 Å². The number of hydrogen-bond donors (Lipinski definition) is 1. The van der Waals surface area contributed by atoms with Crippen LogP contribution in [0.25, 0.3) is 0 Å². The van der Waals surface area contributed by atoms with E-state index in [-0.39, 0.29) is 0 Å². The Kier molecular flexibility index (Phi) is 5.39. The molecule has 1 nitrogen and oxygen atoms in total. The highest BCUT2D eigenvalue weighted by molar-refractivity contribution is 9.10. The zero-order chi connectivity index (χ0) is 12.1. The van der Waals surface area contributed by atoms with E-state index in [1.807, 2.05) is 0 Å². The molecule has 1 fully saturated rings. The van der Waals surface area contributed by atoms with E-state index in [1.54, 1.807) is 0 Å². The average molecular weight is 314 g/mol. The van der Waals surface area contributed by atoms with Crippen LogP contribution < -0.4 is 5.32 Å². The summed E-state index contributed by atoms with van der Waals surface area (Å²) in [5, 5.41) is 4.50. The Labute approximate surface area is 117 Å². The predicted molar refractivity (Wildman–Crippen MR) is 80.8 cm³/mol. The second-order valence-electron chi connectivity index (χ2n) is 4.77. The Morgan fingerprint density at radius 3 is 2.82 bits per heavy atom. The molecule has 0 aromatic heterocycles. The van der Waals surface area contributed by atoms with Crippen LogP contribution in [0.4, 0.5) is 0 Å². The van der Waals surface area contributed by atoms with Crippen LogP contribution in [0.5, 0.6) is 0 Å². The minimum absolute atomic E-state index is 0.567. The van der Waals surface area contributed by atoms with E-state index >= 15 is 0 Å². The van der Waals surface area contributed by atoms with Crippen molar-refractivity contribution in [2.75, 3.05) is 12.3 Å². The van der Waals surface area contributed by atoms with Gasteiger partial charge in [-0.25, -0.2) is 0 Å². The van der Waals surface area contributed by atoms with Gasteiger partial charge in [0.15, 0.2) is 0 Å². The van der Waals surface area contributed by atoms with Crippen LogP contribution >= 0.6 is 27.7 Å². The maximum absolute atomic E-state index is 3.66. The lowest BCUT2D eigenvalue weighted by atomic mass is 10.1. The van der Waals surface area contributed by atoms with E-state index < -0.39 is 0 Å². The van der Waals surface area contributed by atoms with Gasteiger partial charge in [-0.1, -0.05) is 28.1 Å². The molecule has 0 bridgehead atoms. The molecule has 1 saturated heterocycles. The van der Waals surface area contributed by atoms with Crippen LogP contribution in [0.2, 0.25) is 0 Å². The first kappa shape index (κ1) is 13.4. The van der Waals surface area contributed by atoms with Crippen molar-refractivity contribution >= 4 is 27.7 Å². The molecule has 0 radical (unpaired) electrons. The fourth-order valence-corrected chi connectivity index (χ4v) is 3.66. The SMILES string of the molecule is CC(Cc1ccc(Br)cc1)NCC1CCCS1. The molecule has 1 aromatic carbocycles. The van der Waals surface area contributed by atoms with Crippen molar-refractivity contribution in [1.29, 1.82) is 0 Å². The maximum atomic E-state index is 3.66. The van der Waals surface area contributed by atoms with Crippen LogP contribution in [-0.2, 0) is 6.42 Å². The van der Waals surface area contributed by atoms with Crippen LogP contribution in [0.1, 0.15) is 25.3 Å². The molecule has 1 aliphatic heterocycles. The summed E-state index contributed by atoms with van der Waals surface area (Å²) < 4.78 is 1.16. The number of hydrogen-bond acceptors (Lipinski definition) is 2. The molecule has 17 heavy (non-hydrogen) atoms. The highest BCUT2D eigenvalue weighted by atomic mass is 79.9. The summed E-state index contributed by atoms with van der Waals surface area (Å²) in [5.74, 6) is 1.35. The number of nitrogens with one attached hydrogen (secondary N) is 1. The third-order valence-corrected chi connectivity index (χ3v) is 5.10. The molecular weight excluding hydrogens is 294 g/mol. The van der Waals surface area contributed by atoms with Gasteiger partial charge in [0, 0.05) is 22.3 Å². The van der Waals surface area contributed by atoms with Crippen molar-refractivity contribution in [2.45, 2.75) is 37.5 Å². The summed E-state index contributed by atoms with van der Waals surface area (Å²) in [7, 11) is 0. The lowest BCUT2D eigenvalue weighted by Gasteiger charge is -2.16. The van der Waals surface area contributed by atoms with Crippen molar-refractivity contribution in [1.82, 2.24) is 5.32 Å². The van der Waals surface area contributed by atoms with Gasteiger partial charge in [0.1, 0.15) is 0 Å². The van der Waals surface area contributed by atoms with E-state index in [9.17, 15) is 0 Å². The fourth-order valence-electron chi connectivity index (χ4n) is 2.18. The molecule has 0 spiro atoms. The minimum atomic E-state index is 0.567. The topological polar surface area (TPSA) is 12.0 Å². The number of benzene rings is 1. The zero-order valence-corrected chi connectivity index (χ0v) is 12.7. The lowest BCUT2D eigenvalue weighted by Crippen LogP contribution is -2.33. The zero-order valence-electron chi connectivity index (χ0n) is 10.3. The van der Waals surface area contributed by atoms with E-state index in [2.05, 4.69) is 64.2 Å². The molecule has 94 valence electrons. The fraction of sp³-hybridized carbons (Fsp3) is 0.571. The predicted octanol–water partition coefficient (Wildman–Crippen LogP) is 3.87. The molecule has 2 unspecified atom stereocenters. The van der Waals surface area contributed by atoms with E-state index in [4.69, 9.17) is 0 Å². The molecule has 1 aliphatic rings. The first-order chi connectivity index (χ1) is 8.24. The van der Waals surface area contributed by atoms with Gasteiger partial charge in [0.25, 0.3) is 0 Å². The Hall–Kier alpha value is 0.01000. The molecule has 0 amide bonds. The van der Waals surface area contributed by atoms with Crippen molar-refractivity contribution < 1.29 is 0 Å². The first-order valence-corrected chi connectivity index (χ1v) is 8.17. The van der Waals surface area contributed by atoms with E-state index in [0.717, 1.165) is 16.1 Å². The van der Waals surface area contributed by atoms with E-state index in [0.29, 0.717) is 6.04 Å². The number of rotatable bonds is 5. The van der Waals surface area contributed by atoms with Crippen LogP contribution in [-0.4, -0.2) is 23.6 Å². The van der Waals surface area contributed by atoms with Crippen molar-refractivity contribution in [3.05, 3.63) is 34.3 Å². The average Bonchev–Trinajstić information content (AvgIpc) is 2.83. The summed E-state index contributed by atoms with van der Waals surface area (Å²) in [6.45, 7) is 3.45. The highest BCUT2D eigenvalue weighted by Gasteiger charge is 2.15. The lowest BCUT2D eigenvalue weighted by molar-refractivity contribution is 0.535. The van der Waals surface area contributed by atoms with Gasteiger partial charge in [0.2, 0.25) is 0 Å². The number of thioether (sulfide) groups is 1. The maximum Gasteiger partial charge on any atom is 0.0175 e. The Morgan fingerprint density at radius 1 is 1.41 bits per heavy atom. The molecule has 2 rings (SSSR count). The van der Waals surface area contributed by atoms with Crippen molar-refractivity contribution in [3.8, 4) is 0 Å². The van der Waals surface area contributed by atoms with Crippen LogP contribution in [0.3, 0.4) is 0 Å². The molecule has 2 atom stereocenters. The van der Waals surface area contributed by atoms with Gasteiger partial charge in [-0.15, -0.1) is 0 Å². The monoisotopic (exact) mass is 313 g/mol. The number of halogens is 1. The quantitative estimate of drug-likeness (QED) is 0.885. The third-order valence-electron chi connectivity index (χ3n) is 3.17. The van der Waals surface area contributed by atoms with Gasteiger partial charge >= 0.3 is 0 Å². The summed E-state index contributed by atoms with van der Waals surface area (Å²) in [6.07, 6.45) is 3.91. The summed E-state index contributed by atoms with van der Waals surface area (Å²) in [4.78, 5) is 0. The van der Waals surface area contributed by atoms with Gasteiger partial charge in [-0.05, 0) is 49.6 Å². The van der Waals surface area contributed by atoms with Gasteiger partial charge in [-0.2, -0.15) is 11.8 Å². The summed E-state index contributed by atoms with van der Waals surface area (Å²) >= 11 is 5.59. The highest BCUT2D eigenvalue weighted by Crippen LogP contribution is 2.25. The molecule has 3 heteroatoms. The molecule has 0 saturated carbocycles. The minimum Gasteiger partial charge on any atom is -0.313 e. The van der Waals surface area contributed by atoms with Crippen LogP contribution in [0, 0.1) is 0 Å². The van der Waals surface area contributed by atoms with Crippen molar-refractivity contribution in [2.24, 2.45) is 0 Å².